The highest BCUT2D eigenvalue weighted by Crippen LogP contribution is 2.38. The van der Waals surface area contributed by atoms with Crippen molar-refractivity contribution in [1.82, 2.24) is 4.90 Å². The van der Waals surface area contributed by atoms with Crippen LogP contribution in [-0.2, 0) is 11.3 Å². The third-order valence-corrected chi connectivity index (χ3v) is 4.84. The van der Waals surface area contributed by atoms with E-state index in [-0.39, 0.29) is 18.1 Å². The van der Waals surface area contributed by atoms with Crippen LogP contribution < -0.4 is 4.90 Å². The van der Waals surface area contributed by atoms with Gasteiger partial charge >= 0.3 is 6.03 Å². The van der Waals surface area contributed by atoms with E-state index in [0.29, 0.717) is 25.0 Å². The van der Waals surface area contributed by atoms with Crippen LogP contribution in [0.3, 0.4) is 0 Å². The maximum absolute atomic E-state index is 13.1. The minimum Gasteiger partial charge on any atom is -0.364 e. The molecule has 1 fully saturated rings. The standard InChI is InChI=1S/C21H26N2O2/c1-5-12-25-14-17-7-9-18(10-8-17)23-19-11-6-16(4)20(19)22(21(23)24)13-15(2)3/h1,6-11,15-16,19-20H,12-14H2,2-4H3/t16-,19-,20+/m0/s1. The van der Waals surface area contributed by atoms with Crippen LogP contribution >= 0.6 is 0 Å². The molecule has 0 bridgehead atoms. The first-order valence-electron chi connectivity index (χ1n) is 8.91. The summed E-state index contributed by atoms with van der Waals surface area (Å²) in [5.41, 5.74) is 1.99. The molecule has 0 saturated carbocycles. The number of ether oxygens (including phenoxy) is 1. The molecule has 0 radical (unpaired) electrons. The number of terminal acetylenes is 1. The Morgan fingerprint density at radius 3 is 2.60 bits per heavy atom. The predicted octanol–water partition coefficient (Wildman–Crippen LogP) is 3.68. The molecular weight excluding hydrogens is 312 g/mol. The van der Waals surface area contributed by atoms with Gasteiger partial charge in [0.2, 0.25) is 0 Å². The van der Waals surface area contributed by atoms with Gasteiger partial charge in [0.25, 0.3) is 0 Å². The van der Waals surface area contributed by atoms with Crippen molar-refractivity contribution in [2.45, 2.75) is 39.5 Å². The summed E-state index contributed by atoms with van der Waals surface area (Å²) in [5, 5.41) is 0. The lowest BCUT2D eigenvalue weighted by molar-refractivity contribution is 0.153. The molecule has 132 valence electrons. The molecule has 1 aromatic carbocycles. The van der Waals surface area contributed by atoms with E-state index < -0.39 is 0 Å². The largest absolute Gasteiger partial charge is 0.364 e. The normalized spacial score (nSPS) is 24.9. The van der Waals surface area contributed by atoms with Gasteiger partial charge in [-0.1, -0.05) is 51.0 Å². The number of carbonyl (C=O) groups excluding carboxylic acids is 1. The number of anilines is 1. The quantitative estimate of drug-likeness (QED) is 0.450. The molecule has 0 spiro atoms. The third kappa shape index (κ3) is 3.43. The van der Waals surface area contributed by atoms with Crippen molar-refractivity contribution in [1.29, 1.82) is 0 Å². The number of rotatable bonds is 6. The fourth-order valence-electron chi connectivity index (χ4n) is 3.78. The van der Waals surface area contributed by atoms with Gasteiger partial charge in [0.15, 0.2) is 0 Å². The second-order valence-electron chi connectivity index (χ2n) is 7.29. The number of benzene rings is 1. The molecule has 4 heteroatoms. The Hall–Kier alpha value is -2.25. The average Bonchev–Trinajstić information content (AvgIpc) is 3.07. The second-order valence-corrected chi connectivity index (χ2v) is 7.29. The van der Waals surface area contributed by atoms with E-state index in [4.69, 9.17) is 11.2 Å². The lowest BCUT2D eigenvalue weighted by Gasteiger charge is -2.27. The minimum atomic E-state index is 0.108. The van der Waals surface area contributed by atoms with E-state index in [1.165, 1.54) is 0 Å². The number of urea groups is 1. The van der Waals surface area contributed by atoms with E-state index >= 15 is 0 Å². The summed E-state index contributed by atoms with van der Waals surface area (Å²) in [7, 11) is 0. The molecule has 1 saturated heterocycles. The van der Waals surface area contributed by atoms with Gasteiger partial charge in [0.1, 0.15) is 6.61 Å². The smallest absolute Gasteiger partial charge is 0.325 e. The molecule has 0 aromatic heterocycles. The molecule has 25 heavy (non-hydrogen) atoms. The Morgan fingerprint density at radius 1 is 1.24 bits per heavy atom. The Morgan fingerprint density at radius 2 is 1.96 bits per heavy atom. The Bertz CT molecular complexity index is 687. The second kappa shape index (κ2) is 7.33. The highest BCUT2D eigenvalue weighted by Gasteiger charge is 2.49. The summed E-state index contributed by atoms with van der Waals surface area (Å²) in [6.07, 6.45) is 9.60. The summed E-state index contributed by atoms with van der Waals surface area (Å²) in [6.45, 7) is 8.09. The van der Waals surface area contributed by atoms with E-state index in [2.05, 4.69) is 38.8 Å². The van der Waals surface area contributed by atoms with Crippen LogP contribution in [0, 0.1) is 24.2 Å². The van der Waals surface area contributed by atoms with E-state index in [1.807, 2.05) is 34.1 Å². The molecule has 1 aliphatic heterocycles. The molecule has 1 aliphatic carbocycles. The minimum absolute atomic E-state index is 0.108. The molecule has 1 aromatic rings. The molecule has 0 unspecified atom stereocenters. The highest BCUT2D eigenvalue weighted by atomic mass is 16.5. The van der Waals surface area contributed by atoms with Gasteiger partial charge in [0.05, 0.1) is 18.7 Å². The number of hydrogen-bond donors (Lipinski definition) is 0. The Kier molecular flexibility index (Phi) is 5.15. The summed E-state index contributed by atoms with van der Waals surface area (Å²) in [6, 6.07) is 8.45. The predicted molar refractivity (Wildman–Crippen MR) is 100 cm³/mol. The van der Waals surface area contributed by atoms with Gasteiger partial charge < -0.3 is 9.64 Å². The molecule has 3 rings (SSSR count). The van der Waals surface area contributed by atoms with E-state index in [1.54, 1.807) is 0 Å². The number of fused-ring (bicyclic) bond motifs is 1. The van der Waals surface area contributed by atoms with Crippen molar-refractivity contribution in [3.63, 3.8) is 0 Å². The van der Waals surface area contributed by atoms with Crippen LogP contribution in [0.5, 0.6) is 0 Å². The molecule has 0 N–H and O–H groups in total. The van der Waals surface area contributed by atoms with Gasteiger partial charge in [-0.2, -0.15) is 0 Å². The summed E-state index contributed by atoms with van der Waals surface area (Å²) in [5.74, 6) is 3.30. The van der Waals surface area contributed by atoms with Gasteiger partial charge in [-0.25, -0.2) is 4.79 Å². The number of amides is 2. The van der Waals surface area contributed by atoms with Gasteiger partial charge in [-0.15, -0.1) is 6.42 Å². The fourth-order valence-corrected chi connectivity index (χ4v) is 3.78. The average molecular weight is 338 g/mol. The molecule has 3 atom stereocenters. The maximum Gasteiger partial charge on any atom is 0.325 e. The van der Waals surface area contributed by atoms with Crippen molar-refractivity contribution in [2.75, 3.05) is 18.1 Å². The first-order chi connectivity index (χ1) is 12.0. The zero-order valence-electron chi connectivity index (χ0n) is 15.2. The van der Waals surface area contributed by atoms with E-state index in [9.17, 15) is 4.79 Å². The fraction of sp³-hybridized carbons (Fsp3) is 0.476. The topological polar surface area (TPSA) is 32.8 Å². The SMILES string of the molecule is C#CCOCc1ccc(N2C(=O)N(CC(C)C)[C@@H]3[C@@H](C)C=C[C@@H]32)cc1. The van der Waals surface area contributed by atoms with Crippen molar-refractivity contribution in [3.8, 4) is 12.3 Å². The van der Waals surface area contributed by atoms with E-state index in [0.717, 1.165) is 17.8 Å². The molecule has 2 amide bonds. The summed E-state index contributed by atoms with van der Waals surface area (Å²) < 4.78 is 5.36. The number of hydrogen-bond acceptors (Lipinski definition) is 2. The van der Waals surface area contributed by atoms with Crippen LogP contribution in [0.25, 0.3) is 0 Å². The van der Waals surface area contributed by atoms with Crippen LogP contribution in [0.4, 0.5) is 10.5 Å². The summed E-state index contributed by atoms with van der Waals surface area (Å²) >= 11 is 0. The number of nitrogens with zero attached hydrogens (tertiary/aromatic N) is 2. The first-order valence-corrected chi connectivity index (χ1v) is 8.91. The van der Waals surface area contributed by atoms with Crippen molar-refractivity contribution < 1.29 is 9.53 Å². The Labute approximate surface area is 150 Å². The number of carbonyl (C=O) groups is 1. The van der Waals surface area contributed by atoms with Crippen LogP contribution in [-0.4, -0.2) is 36.2 Å². The van der Waals surface area contributed by atoms with Crippen molar-refractivity contribution in [3.05, 3.63) is 42.0 Å². The highest BCUT2D eigenvalue weighted by molar-refractivity contribution is 5.96. The molecule has 4 nitrogen and oxygen atoms in total. The van der Waals surface area contributed by atoms with Gasteiger partial charge in [-0.05, 0) is 29.5 Å². The molecular formula is C21H26N2O2. The lowest BCUT2D eigenvalue weighted by atomic mass is 10.0. The lowest BCUT2D eigenvalue weighted by Crippen LogP contribution is -2.40. The zero-order valence-corrected chi connectivity index (χ0v) is 15.2. The van der Waals surface area contributed by atoms with Crippen LogP contribution in [0.2, 0.25) is 0 Å². The molecule has 2 aliphatic rings. The zero-order chi connectivity index (χ0) is 18.0. The Balaban J connectivity index is 1.80. The first kappa shape index (κ1) is 17.6. The van der Waals surface area contributed by atoms with Gasteiger partial charge in [0, 0.05) is 12.2 Å². The van der Waals surface area contributed by atoms with Crippen molar-refractivity contribution >= 4 is 11.7 Å². The monoisotopic (exact) mass is 338 g/mol. The molecule has 1 heterocycles. The third-order valence-electron chi connectivity index (χ3n) is 4.84. The summed E-state index contributed by atoms with van der Waals surface area (Å²) in [4.78, 5) is 17.0. The van der Waals surface area contributed by atoms with Crippen molar-refractivity contribution in [2.24, 2.45) is 11.8 Å². The van der Waals surface area contributed by atoms with Crippen LogP contribution in [0.15, 0.2) is 36.4 Å². The van der Waals surface area contributed by atoms with Crippen LogP contribution in [0.1, 0.15) is 26.3 Å². The van der Waals surface area contributed by atoms with Gasteiger partial charge in [-0.3, -0.25) is 4.90 Å². The maximum atomic E-state index is 13.1.